The fourth-order valence-electron chi connectivity index (χ4n) is 1.75. The summed E-state index contributed by atoms with van der Waals surface area (Å²) in [6.07, 6.45) is 1.91. The molecule has 13 heavy (non-hydrogen) atoms. The molecule has 1 aliphatic heterocycles. The molecular weight excluding hydrogens is 169 g/mol. The molecule has 0 bridgehead atoms. The highest BCUT2D eigenvalue weighted by atomic mass is 19.2. The van der Waals surface area contributed by atoms with Crippen LogP contribution in [0.5, 0.6) is 0 Å². The van der Waals surface area contributed by atoms with Crippen LogP contribution in [0.3, 0.4) is 0 Å². The minimum atomic E-state index is -1.38. The number of halogens is 1. The maximum absolute atomic E-state index is 14.0. The van der Waals surface area contributed by atoms with Gasteiger partial charge in [0.05, 0.1) is 6.10 Å². The lowest BCUT2D eigenvalue weighted by molar-refractivity contribution is -0.175. The van der Waals surface area contributed by atoms with E-state index >= 15 is 0 Å². The van der Waals surface area contributed by atoms with E-state index in [0.717, 1.165) is 19.5 Å². The monoisotopic (exact) mass is 189 g/mol. The molecule has 1 atom stereocenters. The second kappa shape index (κ2) is 4.38. The lowest BCUT2D eigenvalue weighted by atomic mass is 10.1. The Kier molecular flexibility index (Phi) is 3.68. The van der Waals surface area contributed by atoms with Crippen LogP contribution < -0.4 is 0 Å². The van der Waals surface area contributed by atoms with E-state index in [0.29, 0.717) is 12.8 Å². The van der Waals surface area contributed by atoms with Crippen molar-refractivity contribution in [2.24, 2.45) is 0 Å². The number of ether oxygens (including phenoxy) is 1. The van der Waals surface area contributed by atoms with Gasteiger partial charge in [0.15, 0.2) is 0 Å². The molecule has 1 saturated heterocycles. The zero-order valence-corrected chi connectivity index (χ0v) is 8.85. The Morgan fingerprint density at radius 1 is 1.31 bits per heavy atom. The quantitative estimate of drug-likeness (QED) is 0.660. The second-order valence-electron chi connectivity index (χ2n) is 4.21. The average molecular weight is 189 g/mol. The smallest absolute Gasteiger partial charge is 0.210 e. The largest absolute Gasteiger partial charge is 0.343 e. The van der Waals surface area contributed by atoms with E-state index in [4.69, 9.17) is 4.74 Å². The molecule has 1 aliphatic rings. The molecule has 0 spiro atoms. The van der Waals surface area contributed by atoms with Crippen molar-refractivity contribution in [1.82, 2.24) is 4.90 Å². The van der Waals surface area contributed by atoms with E-state index in [9.17, 15) is 4.39 Å². The number of hydrogen-bond acceptors (Lipinski definition) is 2. The zero-order chi connectivity index (χ0) is 9.90. The molecule has 0 aromatic heterocycles. The van der Waals surface area contributed by atoms with E-state index in [1.807, 2.05) is 20.9 Å². The first-order valence-electron chi connectivity index (χ1n) is 5.07. The Morgan fingerprint density at radius 2 is 2.00 bits per heavy atom. The lowest BCUT2D eigenvalue weighted by Gasteiger charge is -2.26. The van der Waals surface area contributed by atoms with Gasteiger partial charge in [-0.3, -0.25) is 0 Å². The third-order valence-corrected chi connectivity index (χ3v) is 2.40. The van der Waals surface area contributed by atoms with Gasteiger partial charge >= 0.3 is 0 Å². The molecule has 1 unspecified atom stereocenters. The molecule has 1 heterocycles. The van der Waals surface area contributed by atoms with Crippen LogP contribution >= 0.6 is 0 Å². The molecule has 0 aromatic rings. The van der Waals surface area contributed by atoms with Crippen LogP contribution in [0.2, 0.25) is 0 Å². The topological polar surface area (TPSA) is 12.5 Å². The summed E-state index contributed by atoms with van der Waals surface area (Å²) in [5.74, 6) is -1.38. The molecule has 0 aliphatic carbocycles. The van der Waals surface area contributed by atoms with Crippen molar-refractivity contribution in [2.45, 2.75) is 45.1 Å². The van der Waals surface area contributed by atoms with Crippen molar-refractivity contribution in [2.75, 3.05) is 20.1 Å². The first-order chi connectivity index (χ1) is 6.02. The molecule has 3 heteroatoms. The van der Waals surface area contributed by atoms with Gasteiger partial charge in [-0.15, -0.1) is 0 Å². The summed E-state index contributed by atoms with van der Waals surface area (Å²) < 4.78 is 19.3. The van der Waals surface area contributed by atoms with Crippen LogP contribution in [0.4, 0.5) is 4.39 Å². The van der Waals surface area contributed by atoms with Gasteiger partial charge in [0.25, 0.3) is 0 Å². The normalized spacial score (nSPS) is 32.1. The summed E-state index contributed by atoms with van der Waals surface area (Å²) in [6.45, 7) is 5.54. The molecule has 1 fully saturated rings. The van der Waals surface area contributed by atoms with Gasteiger partial charge in [0, 0.05) is 19.4 Å². The van der Waals surface area contributed by atoms with E-state index in [1.165, 1.54) is 0 Å². The van der Waals surface area contributed by atoms with Crippen LogP contribution in [0.15, 0.2) is 0 Å². The fourth-order valence-corrected chi connectivity index (χ4v) is 1.75. The maximum Gasteiger partial charge on any atom is 0.210 e. The number of likely N-dealkylation sites (tertiary alicyclic amines) is 1. The predicted molar refractivity (Wildman–Crippen MR) is 51.4 cm³/mol. The Hall–Kier alpha value is -0.150. The number of alkyl halides is 1. The van der Waals surface area contributed by atoms with Crippen molar-refractivity contribution in [3.8, 4) is 0 Å². The Bertz CT molecular complexity index is 163. The summed E-state index contributed by atoms with van der Waals surface area (Å²) in [7, 11) is 2.03. The number of hydrogen-bond donors (Lipinski definition) is 0. The van der Waals surface area contributed by atoms with Crippen molar-refractivity contribution in [3.05, 3.63) is 0 Å². The molecule has 0 saturated carbocycles. The van der Waals surface area contributed by atoms with E-state index in [2.05, 4.69) is 4.90 Å². The number of nitrogens with zero attached hydrogens (tertiary/aromatic N) is 1. The minimum Gasteiger partial charge on any atom is -0.343 e. The SMILES string of the molecule is CC(C)OC1(F)CCCN(C)CC1. The van der Waals surface area contributed by atoms with Gasteiger partial charge < -0.3 is 9.64 Å². The van der Waals surface area contributed by atoms with Crippen molar-refractivity contribution in [3.63, 3.8) is 0 Å². The molecular formula is C10H20FNO. The summed E-state index contributed by atoms with van der Waals surface area (Å²) in [6, 6.07) is 0. The first-order valence-corrected chi connectivity index (χ1v) is 5.07. The highest BCUT2D eigenvalue weighted by Crippen LogP contribution is 2.28. The van der Waals surface area contributed by atoms with Crippen LogP contribution in [-0.4, -0.2) is 37.0 Å². The van der Waals surface area contributed by atoms with Crippen molar-refractivity contribution >= 4 is 0 Å². The molecule has 78 valence electrons. The molecule has 1 rings (SSSR count). The number of rotatable bonds is 2. The highest BCUT2D eigenvalue weighted by molar-refractivity contribution is 4.75. The van der Waals surface area contributed by atoms with Crippen LogP contribution in [0.1, 0.15) is 33.1 Å². The molecule has 0 aromatic carbocycles. The summed E-state index contributed by atoms with van der Waals surface area (Å²) in [4.78, 5) is 2.16. The maximum atomic E-state index is 14.0. The van der Waals surface area contributed by atoms with E-state index in [-0.39, 0.29) is 6.10 Å². The van der Waals surface area contributed by atoms with Crippen LogP contribution in [0.25, 0.3) is 0 Å². The third kappa shape index (κ3) is 3.61. The molecule has 0 N–H and O–H groups in total. The van der Waals surface area contributed by atoms with E-state index in [1.54, 1.807) is 0 Å². The van der Waals surface area contributed by atoms with Gasteiger partial charge in [-0.05, 0) is 33.9 Å². The fraction of sp³-hybridized carbons (Fsp3) is 1.00. The highest BCUT2D eigenvalue weighted by Gasteiger charge is 2.33. The Morgan fingerprint density at radius 3 is 2.62 bits per heavy atom. The minimum absolute atomic E-state index is 0.0200. The summed E-state index contributed by atoms with van der Waals surface area (Å²) in [5.41, 5.74) is 0. The average Bonchev–Trinajstić information content (AvgIpc) is 2.12. The second-order valence-corrected chi connectivity index (χ2v) is 4.21. The lowest BCUT2D eigenvalue weighted by Crippen LogP contribution is -2.31. The third-order valence-electron chi connectivity index (χ3n) is 2.40. The predicted octanol–water partition coefficient (Wildman–Crippen LogP) is 2.19. The van der Waals surface area contributed by atoms with Crippen LogP contribution in [-0.2, 0) is 4.74 Å². The van der Waals surface area contributed by atoms with Gasteiger partial charge in [0.2, 0.25) is 5.85 Å². The van der Waals surface area contributed by atoms with Crippen LogP contribution in [0, 0.1) is 0 Å². The zero-order valence-electron chi connectivity index (χ0n) is 8.85. The Balaban J connectivity index is 2.47. The van der Waals surface area contributed by atoms with Crippen molar-refractivity contribution in [1.29, 1.82) is 0 Å². The van der Waals surface area contributed by atoms with Gasteiger partial charge in [0.1, 0.15) is 0 Å². The molecule has 2 nitrogen and oxygen atoms in total. The van der Waals surface area contributed by atoms with Crippen molar-refractivity contribution < 1.29 is 9.13 Å². The first kappa shape index (κ1) is 10.9. The molecule has 0 radical (unpaired) electrons. The standard InChI is InChI=1S/C10H20FNO/c1-9(2)13-10(11)5-4-7-12(3)8-6-10/h9H,4-8H2,1-3H3. The summed E-state index contributed by atoms with van der Waals surface area (Å²) in [5, 5.41) is 0. The molecule has 0 amide bonds. The summed E-state index contributed by atoms with van der Waals surface area (Å²) >= 11 is 0. The van der Waals surface area contributed by atoms with Gasteiger partial charge in [-0.1, -0.05) is 0 Å². The van der Waals surface area contributed by atoms with Gasteiger partial charge in [-0.25, -0.2) is 4.39 Å². The van der Waals surface area contributed by atoms with Gasteiger partial charge in [-0.2, -0.15) is 0 Å². The Labute approximate surface area is 80.1 Å². The van der Waals surface area contributed by atoms with E-state index < -0.39 is 5.85 Å².